The molecule has 30 heavy (non-hydrogen) atoms. The van der Waals surface area contributed by atoms with E-state index in [2.05, 4.69) is 10.2 Å². The topological polar surface area (TPSA) is 59.4 Å². The summed E-state index contributed by atoms with van der Waals surface area (Å²) in [5.74, 6) is 0.588. The average molecular weight is 425 g/mol. The number of ether oxygens (including phenoxy) is 1. The van der Waals surface area contributed by atoms with Gasteiger partial charge in [-0.15, -0.1) is 0 Å². The molecule has 0 aliphatic carbocycles. The molecule has 7 heteroatoms. The number of carbonyl (C=O) groups excluding carboxylic acids is 1. The summed E-state index contributed by atoms with van der Waals surface area (Å²) in [5, 5.41) is 8.33. The van der Waals surface area contributed by atoms with Crippen LogP contribution in [0.1, 0.15) is 23.3 Å². The Kier molecular flexibility index (Phi) is 6.35. The maximum Gasteiger partial charge on any atom is 0.270 e. The number of hydrogen-bond donors (Lipinski definition) is 1. The number of halogens is 1. The molecule has 1 saturated heterocycles. The molecule has 0 radical (unpaired) electrons. The number of aromatic nitrogens is 2. The SMILES string of the molecule is COc1ccc(-n2nc(-c3ccccc3Cl)cc2C(=O)NCCN2CCCC2)cc1. The first kappa shape index (κ1) is 20.4. The number of likely N-dealkylation sites (tertiary alicyclic amines) is 1. The molecule has 1 amide bonds. The Morgan fingerprint density at radius 3 is 2.57 bits per heavy atom. The summed E-state index contributed by atoms with van der Waals surface area (Å²) in [6.07, 6.45) is 2.47. The molecule has 156 valence electrons. The van der Waals surface area contributed by atoms with E-state index in [1.54, 1.807) is 17.9 Å². The molecule has 1 fully saturated rings. The number of nitrogens with one attached hydrogen (secondary N) is 1. The van der Waals surface area contributed by atoms with Gasteiger partial charge in [0.05, 0.1) is 23.5 Å². The molecule has 0 bridgehead atoms. The van der Waals surface area contributed by atoms with E-state index >= 15 is 0 Å². The summed E-state index contributed by atoms with van der Waals surface area (Å²) in [5.41, 5.74) is 2.69. The highest BCUT2D eigenvalue weighted by Crippen LogP contribution is 2.28. The van der Waals surface area contributed by atoms with Crippen LogP contribution in [0.25, 0.3) is 16.9 Å². The zero-order valence-electron chi connectivity index (χ0n) is 17.0. The number of rotatable bonds is 7. The Hall–Kier alpha value is -2.83. The minimum absolute atomic E-state index is 0.157. The van der Waals surface area contributed by atoms with Gasteiger partial charge < -0.3 is 15.0 Å². The monoisotopic (exact) mass is 424 g/mol. The predicted octanol–water partition coefficient (Wildman–Crippen LogP) is 4.03. The molecule has 6 nitrogen and oxygen atoms in total. The lowest BCUT2D eigenvalue weighted by atomic mass is 10.1. The molecule has 1 N–H and O–H groups in total. The van der Waals surface area contributed by atoms with E-state index in [9.17, 15) is 4.79 Å². The fourth-order valence-corrected chi connectivity index (χ4v) is 3.92. The maximum atomic E-state index is 13.0. The van der Waals surface area contributed by atoms with E-state index in [-0.39, 0.29) is 5.91 Å². The molecule has 4 rings (SSSR count). The normalized spacial score (nSPS) is 14.1. The van der Waals surface area contributed by atoms with Gasteiger partial charge in [0.15, 0.2) is 0 Å². The van der Waals surface area contributed by atoms with Crippen molar-refractivity contribution in [2.75, 3.05) is 33.3 Å². The van der Waals surface area contributed by atoms with Crippen molar-refractivity contribution in [1.29, 1.82) is 0 Å². The van der Waals surface area contributed by atoms with Crippen LogP contribution in [-0.4, -0.2) is 53.9 Å². The van der Waals surface area contributed by atoms with Gasteiger partial charge in [-0.05, 0) is 62.3 Å². The van der Waals surface area contributed by atoms with Crippen molar-refractivity contribution in [1.82, 2.24) is 20.0 Å². The molecule has 2 heterocycles. The van der Waals surface area contributed by atoms with Crippen LogP contribution < -0.4 is 10.1 Å². The van der Waals surface area contributed by atoms with Gasteiger partial charge in [0, 0.05) is 18.7 Å². The summed E-state index contributed by atoms with van der Waals surface area (Å²) < 4.78 is 6.90. The fourth-order valence-electron chi connectivity index (χ4n) is 3.69. The van der Waals surface area contributed by atoms with Crippen molar-refractivity contribution in [2.24, 2.45) is 0 Å². The van der Waals surface area contributed by atoms with E-state index in [4.69, 9.17) is 21.4 Å². The fraction of sp³-hybridized carbons (Fsp3) is 0.304. The molecule has 0 saturated carbocycles. The Labute approximate surface area is 181 Å². The third-order valence-corrected chi connectivity index (χ3v) is 5.65. The summed E-state index contributed by atoms with van der Waals surface area (Å²) >= 11 is 6.37. The Balaban J connectivity index is 1.62. The van der Waals surface area contributed by atoms with Crippen molar-refractivity contribution in [2.45, 2.75) is 12.8 Å². The van der Waals surface area contributed by atoms with Crippen molar-refractivity contribution in [3.05, 3.63) is 65.3 Å². The first-order chi connectivity index (χ1) is 14.7. The Morgan fingerprint density at radius 1 is 1.13 bits per heavy atom. The van der Waals surface area contributed by atoms with Crippen LogP contribution in [0, 0.1) is 0 Å². The minimum atomic E-state index is -0.157. The van der Waals surface area contributed by atoms with Crippen LogP contribution in [0.4, 0.5) is 0 Å². The van der Waals surface area contributed by atoms with E-state index in [0.717, 1.165) is 36.6 Å². The quantitative estimate of drug-likeness (QED) is 0.622. The van der Waals surface area contributed by atoms with Gasteiger partial charge >= 0.3 is 0 Å². The molecule has 3 aromatic rings. The number of benzene rings is 2. The average Bonchev–Trinajstić information content (AvgIpc) is 3.44. The van der Waals surface area contributed by atoms with Crippen LogP contribution in [0.15, 0.2) is 54.6 Å². The summed E-state index contributed by atoms with van der Waals surface area (Å²) in [6, 6.07) is 16.7. The summed E-state index contributed by atoms with van der Waals surface area (Å²) in [6.45, 7) is 3.68. The molecule has 1 aliphatic heterocycles. The van der Waals surface area contributed by atoms with Gasteiger partial charge in [-0.25, -0.2) is 4.68 Å². The van der Waals surface area contributed by atoms with Crippen molar-refractivity contribution < 1.29 is 9.53 Å². The van der Waals surface area contributed by atoms with E-state index in [1.807, 2.05) is 48.5 Å². The van der Waals surface area contributed by atoms with Crippen LogP contribution in [0.2, 0.25) is 5.02 Å². The lowest BCUT2D eigenvalue weighted by molar-refractivity contribution is 0.0942. The van der Waals surface area contributed by atoms with Crippen LogP contribution in [-0.2, 0) is 0 Å². The highest BCUT2D eigenvalue weighted by Gasteiger charge is 2.19. The molecule has 0 unspecified atom stereocenters. The number of amides is 1. The minimum Gasteiger partial charge on any atom is -0.497 e. The third-order valence-electron chi connectivity index (χ3n) is 5.32. The highest BCUT2D eigenvalue weighted by molar-refractivity contribution is 6.33. The second-order valence-corrected chi connectivity index (χ2v) is 7.72. The largest absolute Gasteiger partial charge is 0.497 e. The standard InChI is InChI=1S/C23H25ClN4O2/c1-30-18-10-8-17(9-11-18)28-22(23(29)25-12-15-27-13-4-5-14-27)16-21(26-28)19-6-2-3-7-20(19)24/h2-3,6-11,16H,4-5,12-15H2,1H3,(H,25,29). The van der Waals surface area contributed by atoms with Gasteiger partial charge in [-0.1, -0.05) is 29.8 Å². The van der Waals surface area contributed by atoms with E-state index < -0.39 is 0 Å². The number of carbonyl (C=O) groups is 1. The molecule has 1 aromatic heterocycles. The summed E-state index contributed by atoms with van der Waals surface area (Å²) in [4.78, 5) is 15.4. The smallest absolute Gasteiger partial charge is 0.270 e. The molecule has 2 aromatic carbocycles. The number of nitrogens with zero attached hydrogens (tertiary/aromatic N) is 3. The van der Waals surface area contributed by atoms with Crippen LogP contribution in [0.3, 0.4) is 0 Å². The zero-order valence-corrected chi connectivity index (χ0v) is 17.7. The second kappa shape index (κ2) is 9.32. The number of methoxy groups -OCH3 is 1. The van der Waals surface area contributed by atoms with Gasteiger partial charge in [-0.2, -0.15) is 5.10 Å². The lowest BCUT2D eigenvalue weighted by Crippen LogP contribution is -2.34. The van der Waals surface area contributed by atoms with Gasteiger partial charge in [0.2, 0.25) is 0 Å². The van der Waals surface area contributed by atoms with Gasteiger partial charge in [0.25, 0.3) is 5.91 Å². The van der Waals surface area contributed by atoms with Gasteiger partial charge in [-0.3, -0.25) is 4.79 Å². The second-order valence-electron chi connectivity index (χ2n) is 7.31. The number of hydrogen-bond acceptors (Lipinski definition) is 4. The molecule has 0 spiro atoms. The lowest BCUT2D eigenvalue weighted by Gasteiger charge is -2.15. The van der Waals surface area contributed by atoms with Crippen LogP contribution in [0.5, 0.6) is 5.75 Å². The van der Waals surface area contributed by atoms with Crippen molar-refractivity contribution >= 4 is 17.5 Å². The predicted molar refractivity (Wildman–Crippen MR) is 119 cm³/mol. The maximum absolute atomic E-state index is 13.0. The van der Waals surface area contributed by atoms with E-state index in [0.29, 0.717) is 23.0 Å². The molecule has 0 atom stereocenters. The molecular weight excluding hydrogens is 400 g/mol. The van der Waals surface area contributed by atoms with Crippen molar-refractivity contribution in [3.8, 4) is 22.7 Å². The first-order valence-corrected chi connectivity index (χ1v) is 10.5. The molecule has 1 aliphatic rings. The Bertz CT molecular complexity index is 1010. The van der Waals surface area contributed by atoms with Gasteiger partial charge in [0.1, 0.15) is 11.4 Å². The first-order valence-electron chi connectivity index (χ1n) is 10.2. The van der Waals surface area contributed by atoms with E-state index in [1.165, 1.54) is 12.8 Å². The molecular formula is C23H25ClN4O2. The Morgan fingerprint density at radius 2 is 1.87 bits per heavy atom. The van der Waals surface area contributed by atoms with Crippen molar-refractivity contribution in [3.63, 3.8) is 0 Å². The highest BCUT2D eigenvalue weighted by atomic mass is 35.5. The third kappa shape index (κ3) is 4.50. The zero-order chi connectivity index (χ0) is 20.9. The summed E-state index contributed by atoms with van der Waals surface area (Å²) in [7, 11) is 1.62. The van der Waals surface area contributed by atoms with Crippen LogP contribution >= 0.6 is 11.6 Å².